The van der Waals surface area contributed by atoms with Crippen LogP contribution in [0.1, 0.15) is 6.92 Å². The van der Waals surface area contributed by atoms with E-state index in [9.17, 15) is 4.79 Å². The number of carbonyl (C=O) groups is 1. The summed E-state index contributed by atoms with van der Waals surface area (Å²) in [5.41, 5.74) is -0.799. The summed E-state index contributed by atoms with van der Waals surface area (Å²) in [5, 5.41) is 0.559. The number of hydrogen-bond acceptors (Lipinski definition) is 6. The number of fused-ring (bicyclic) bond motifs is 1. The zero-order chi connectivity index (χ0) is 11.6. The highest BCUT2D eigenvalue weighted by molar-refractivity contribution is 8.14. The highest BCUT2D eigenvalue weighted by atomic mass is 32.2. The third-order valence-electron chi connectivity index (χ3n) is 2.35. The minimum absolute atomic E-state index is 0.174. The van der Waals surface area contributed by atoms with Crippen LogP contribution < -0.4 is 0 Å². The SMILES string of the molecule is COC1=NC2(COC(C)=O)C=CCOC2S1. The third kappa shape index (κ3) is 2.08. The molecular weight excluding hydrogens is 230 g/mol. The lowest BCUT2D eigenvalue weighted by atomic mass is 10.0. The maximum absolute atomic E-state index is 10.8. The minimum Gasteiger partial charge on any atom is -0.476 e. The average Bonchev–Trinajstić information content (AvgIpc) is 2.65. The molecule has 2 unspecified atom stereocenters. The molecule has 0 saturated carbocycles. The number of carbonyl (C=O) groups excluding carboxylic acids is 1. The first-order chi connectivity index (χ1) is 7.66. The van der Waals surface area contributed by atoms with E-state index < -0.39 is 5.54 Å². The molecule has 0 bridgehead atoms. The smallest absolute Gasteiger partial charge is 0.302 e. The molecule has 0 N–H and O–H groups in total. The molecule has 0 aromatic heterocycles. The first kappa shape index (κ1) is 11.5. The number of aliphatic imine (C=N–C) groups is 1. The molecule has 0 fully saturated rings. The third-order valence-corrected chi connectivity index (χ3v) is 3.56. The molecule has 0 aliphatic carbocycles. The maximum Gasteiger partial charge on any atom is 0.302 e. The van der Waals surface area contributed by atoms with E-state index in [1.165, 1.54) is 18.7 Å². The van der Waals surface area contributed by atoms with Gasteiger partial charge in [0.1, 0.15) is 12.0 Å². The monoisotopic (exact) mass is 243 g/mol. The van der Waals surface area contributed by atoms with Crippen molar-refractivity contribution in [3.63, 3.8) is 0 Å². The van der Waals surface area contributed by atoms with Gasteiger partial charge in [-0.1, -0.05) is 12.2 Å². The number of ether oxygens (including phenoxy) is 3. The van der Waals surface area contributed by atoms with Gasteiger partial charge < -0.3 is 14.2 Å². The van der Waals surface area contributed by atoms with Crippen molar-refractivity contribution < 1.29 is 19.0 Å². The van der Waals surface area contributed by atoms with E-state index in [4.69, 9.17) is 14.2 Å². The average molecular weight is 243 g/mol. The molecule has 0 saturated heterocycles. The van der Waals surface area contributed by atoms with Crippen LogP contribution in [0.2, 0.25) is 0 Å². The summed E-state index contributed by atoms with van der Waals surface area (Å²) in [4.78, 5) is 15.2. The highest BCUT2D eigenvalue weighted by Crippen LogP contribution is 2.40. The van der Waals surface area contributed by atoms with Gasteiger partial charge in [-0.15, -0.1) is 0 Å². The van der Waals surface area contributed by atoms with Crippen LogP contribution in [-0.4, -0.2) is 42.5 Å². The van der Waals surface area contributed by atoms with Gasteiger partial charge in [-0.2, -0.15) is 0 Å². The van der Waals surface area contributed by atoms with Gasteiger partial charge >= 0.3 is 5.97 Å². The summed E-state index contributed by atoms with van der Waals surface area (Å²) < 4.78 is 15.7. The van der Waals surface area contributed by atoms with E-state index in [0.29, 0.717) is 11.8 Å². The Morgan fingerprint density at radius 1 is 1.81 bits per heavy atom. The largest absolute Gasteiger partial charge is 0.476 e. The van der Waals surface area contributed by atoms with Gasteiger partial charge in [-0.25, -0.2) is 4.99 Å². The van der Waals surface area contributed by atoms with Crippen molar-refractivity contribution in [2.24, 2.45) is 4.99 Å². The minimum atomic E-state index is -0.625. The zero-order valence-corrected chi connectivity index (χ0v) is 9.95. The normalized spacial score (nSPS) is 31.9. The molecule has 0 aromatic rings. The second-order valence-corrected chi connectivity index (χ2v) is 4.55. The van der Waals surface area contributed by atoms with E-state index in [1.807, 2.05) is 12.2 Å². The quantitative estimate of drug-likeness (QED) is 0.534. The molecule has 2 atom stereocenters. The molecule has 16 heavy (non-hydrogen) atoms. The Hall–Kier alpha value is -1.01. The Morgan fingerprint density at radius 3 is 3.31 bits per heavy atom. The van der Waals surface area contributed by atoms with Crippen LogP contribution in [0.3, 0.4) is 0 Å². The summed E-state index contributed by atoms with van der Waals surface area (Å²) in [6.07, 6.45) is 3.80. The summed E-state index contributed by atoms with van der Waals surface area (Å²) in [5.74, 6) is -0.321. The Bertz CT molecular complexity index is 355. The van der Waals surface area contributed by atoms with Gasteiger partial charge in [0.2, 0.25) is 5.23 Å². The molecule has 2 aliphatic rings. The van der Waals surface area contributed by atoms with Gasteiger partial charge in [0.15, 0.2) is 5.54 Å². The van der Waals surface area contributed by atoms with Crippen LogP contribution in [0.5, 0.6) is 0 Å². The predicted octanol–water partition coefficient (Wildman–Crippen LogP) is 0.950. The van der Waals surface area contributed by atoms with E-state index in [0.717, 1.165) is 0 Å². The summed E-state index contributed by atoms with van der Waals surface area (Å²) >= 11 is 1.41. The fourth-order valence-corrected chi connectivity index (χ4v) is 2.64. The van der Waals surface area contributed by atoms with Gasteiger partial charge in [-0.3, -0.25) is 4.79 Å². The summed E-state index contributed by atoms with van der Waals surface area (Å²) in [6, 6.07) is 0. The lowest BCUT2D eigenvalue weighted by Crippen LogP contribution is -2.43. The highest BCUT2D eigenvalue weighted by Gasteiger charge is 2.47. The molecule has 2 aliphatic heterocycles. The van der Waals surface area contributed by atoms with Crippen LogP contribution in [0, 0.1) is 0 Å². The second kappa shape index (κ2) is 4.47. The van der Waals surface area contributed by atoms with Crippen molar-refractivity contribution in [1.29, 1.82) is 0 Å². The predicted molar refractivity (Wildman–Crippen MR) is 60.3 cm³/mol. The van der Waals surface area contributed by atoms with E-state index in [2.05, 4.69) is 4.99 Å². The number of esters is 1. The second-order valence-electron chi connectivity index (χ2n) is 3.54. The zero-order valence-electron chi connectivity index (χ0n) is 9.13. The molecule has 6 heteroatoms. The van der Waals surface area contributed by atoms with Crippen molar-refractivity contribution in [2.45, 2.75) is 17.9 Å². The van der Waals surface area contributed by atoms with E-state index in [-0.39, 0.29) is 18.0 Å². The van der Waals surface area contributed by atoms with Crippen LogP contribution in [0.4, 0.5) is 0 Å². The summed E-state index contributed by atoms with van der Waals surface area (Å²) in [6.45, 7) is 2.11. The maximum atomic E-state index is 10.8. The fourth-order valence-electron chi connectivity index (χ4n) is 1.59. The van der Waals surface area contributed by atoms with Crippen molar-refractivity contribution in [3.05, 3.63) is 12.2 Å². The van der Waals surface area contributed by atoms with Gasteiger partial charge in [0.25, 0.3) is 0 Å². The van der Waals surface area contributed by atoms with Crippen molar-refractivity contribution in [2.75, 3.05) is 20.3 Å². The van der Waals surface area contributed by atoms with Crippen molar-refractivity contribution >= 4 is 23.0 Å². The topological polar surface area (TPSA) is 57.1 Å². The Labute approximate surface area is 97.8 Å². The molecule has 2 rings (SSSR count). The lowest BCUT2D eigenvalue weighted by Gasteiger charge is -2.30. The van der Waals surface area contributed by atoms with Crippen LogP contribution in [-0.2, 0) is 19.0 Å². The number of methoxy groups -OCH3 is 1. The molecule has 5 nitrogen and oxygen atoms in total. The lowest BCUT2D eigenvalue weighted by molar-refractivity contribution is -0.143. The molecule has 0 amide bonds. The van der Waals surface area contributed by atoms with Crippen LogP contribution >= 0.6 is 11.8 Å². The molecule has 0 aromatic carbocycles. The van der Waals surface area contributed by atoms with E-state index >= 15 is 0 Å². The van der Waals surface area contributed by atoms with Crippen LogP contribution in [0.25, 0.3) is 0 Å². The number of nitrogens with zero attached hydrogens (tertiary/aromatic N) is 1. The molecule has 2 heterocycles. The van der Waals surface area contributed by atoms with Gasteiger partial charge in [0.05, 0.1) is 13.7 Å². The fraction of sp³-hybridized carbons (Fsp3) is 0.600. The number of thioether (sulfide) groups is 1. The Morgan fingerprint density at radius 2 is 2.62 bits per heavy atom. The number of hydrogen-bond donors (Lipinski definition) is 0. The molecule has 0 radical (unpaired) electrons. The summed E-state index contributed by atoms with van der Waals surface area (Å²) in [7, 11) is 1.56. The first-order valence-electron chi connectivity index (χ1n) is 4.89. The van der Waals surface area contributed by atoms with Crippen LogP contribution in [0.15, 0.2) is 17.1 Å². The Balaban J connectivity index is 2.17. The van der Waals surface area contributed by atoms with Crippen molar-refractivity contribution in [1.82, 2.24) is 0 Å². The number of rotatable bonds is 2. The van der Waals surface area contributed by atoms with Gasteiger partial charge in [-0.05, 0) is 11.8 Å². The van der Waals surface area contributed by atoms with E-state index in [1.54, 1.807) is 7.11 Å². The Kier molecular flexibility index (Phi) is 3.20. The van der Waals surface area contributed by atoms with Crippen molar-refractivity contribution in [3.8, 4) is 0 Å². The first-order valence-corrected chi connectivity index (χ1v) is 5.77. The molecule has 88 valence electrons. The standard InChI is InChI=1S/C10H13NO4S/c1-7(12)15-6-10-4-3-5-14-8(10)16-9(11-10)13-2/h3-4,8H,5-6H2,1-2H3. The van der Waals surface area contributed by atoms with Gasteiger partial charge in [0, 0.05) is 6.92 Å². The molecular formula is C10H13NO4S. The molecule has 0 spiro atoms.